The Labute approximate surface area is 118 Å². The van der Waals surface area contributed by atoms with Crippen molar-refractivity contribution in [1.82, 2.24) is 0 Å². The van der Waals surface area contributed by atoms with Crippen LogP contribution in [-0.2, 0) is 4.74 Å². The molecule has 20 heavy (non-hydrogen) atoms. The van der Waals surface area contributed by atoms with E-state index in [4.69, 9.17) is 20.4 Å². The van der Waals surface area contributed by atoms with E-state index in [1.807, 2.05) is 12.1 Å². The van der Waals surface area contributed by atoms with Crippen LogP contribution in [0.15, 0.2) is 23.4 Å². The Morgan fingerprint density at radius 3 is 2.95 bits per heavy atom. The van der Waals surface area contributed by atoms with Crippen LogP contribution in [0, 0.1) is 5.92 Å². The topological polar surface area (TPSA) is 80.3 Å². The lowest BCUT2D eigenvalue weighted by atomic mass is 10.1. The molecular formula is C14H21N3O3. The molecular weight excluding hydrogens is 258 g/mol. The van der Waals surface area contributed by atoms with Crippen molar-refractivity contribution < 1.29 is 14.7 Å². The van der Waals surface area contributed by atoms with Gasteiger partial charge in [0, 0.05) is 37.7 Å². The fourth-order valence-electron chi connectivity index (χ4n) is 2.59. The molecule has 0 aliphatic carbocycles. The number of ether oxygens (including phenoxy) is 2. The lowest BCUT2D eigenvalue weighted by molar-refractivity contribution is 0.161. The Kier molecular flexibility index (Phi) is 4.68. The van der Waals surface area contributed by atoms with E-state index in [-0.39, 0.29) is 5.84 Å². The van der Waals surface area contributed by atoms with Crippen molar-refractivity contribution >= 4 is 11.5 Å². The van der Waals surface area contributed by atoms with Crippen LogP contribution in [0.1, 0.15) is 12.0 Å². The molecule has 0 radical (unpaired) electrons. The molecule has 1 saturated heterocycles. The number of nitrogens with zero attached hydrogens (tertiary/aromatic N) is 2. The second-order valence-electron chi connectivity index (χ2n) is 4.92. The second kappa shape index (κ2) is 6.47. The summed E-state index contributed by atoms with van der Waals surface area (Å²) in [4.78, 5) is 2.22. The van der Waals surface area contributed by atoms with Gasteiger partial charge in [-0.15, -0.1) is 0 Å². The van der Waals surface area contributed by atoms with E-state index in [1.54, 1.807) is 20.3 Å². The molecule has 1 unspecified atom stereocenters. The number of hydrogen-bond acceptors (Lipinski definition) is 5. The van der Waals surface area contributed by atoms with Crippen molar-refractivity contribution in [2.75, 3.05) is 38.8 Å². The zero-order chi connectivity index (χ0) is 14.5. The Morgan fingerprint density at radius 1 is 1.50 bits per heavy atom. The summed E-state index contributed by atoms with van der Waals surface area (Å²) in [7, 11) is 3.34. The lowest BCUT2D eigenvalue weighted by Gasteiger charge is -2.22. The van der Waals surface area contributed by atoms with Gasteiger partial charge in [0.25, 0.3) is 0 Å². The van der Waals surface area contributed by atoms with Gasteiger partial charge in [-0.25, -0.2) is 0 Å². The Hall–Kier alpha value is -1.95. The maximum atomic E-state index is 8.91. The van der Waals surface area contributed by atoms with Crippen molar-refractivity contribution in [3.63, 3.8) is 0 Å². The van der Waals surface area contributed by atoms with Gasteiger partial charge in [-0.3, -0.25) is 0 Å². The average Bonchev–Trinajstić information content (AvgIpc) is 2.94. The number of benzene rings is 1. The van der Waals surface area contributed by atoms with Gasteiger partial charge >= 0.3 is 0 Å². The molecule has 6 heteroatoms. The number of anilines is 1. The van der Waals surface area contributed by atoms with Gasteiger partial charge < -0.3 is 25.3 Å². The fourth-order valence-corrected chi connectivity index (χ4v) is 2.59. The molecule has 1 aromatic carbocycles. The summed E-state index contributed by atoms with van der Waals surface area (Å²) in [5, 5.41) is 12.0. The van der Waals surface area contributed by atoms with Gasteiger partial charge in [0.2, 0.25) is 0 Å². The molecule has 0 amide bonds. The van der Waals surface area contributed by atoms with Crippen molar-refractivity contribution in [2.24, 2.45) is 16.8 Å². The maximum absolute atomic E-state index is 8.91. The first kappa shape index (κ1) is 14.5. The van der Waals surface area contributed by atoms with E-state index in [0.717, 1.165) is 37.6 Å². The molecule has 1 atom stereocenters. The number of hydrogen-bond donors (Lipinski definition) is 2. The molecule has 2 rings (SSSR count). The quantitative estimate of drug-likeness (QED) is 0.367. The Morgan fingerprint density at radius 2 is 2.30 bits per heavy atom. The van der Waals surface area contributed by atoms with Crippen LogP contribution in [-0.4, -0.2) is 45.0 Å². The zero-order valence-electron chi connectivity index (χ0n) is 11.9. The highest BCUT2D eigenvalue weighted by Gasteiger charge is 2.25. The Bertz CT molecular complexity index is 491. The summed E-state index contributed by atoms with van der Waals surface area (Å²) in [6, 6.07) is 5.54. The standard InChI is InChI=1S/C14H21N3O3/c1-19-9-10-5-6-17(8-10)13-7-11(20-2)3-4-12(13)14(15)16-18/h3-4,7,10,18H,5-6,8-9H2,1-2H3,(H2,15,16). The summed E-state index contributed by atoms with van der Waals surface area (Å²) in [6.07, 6.45) is 1.07. The van der Waals surface area contributed by atoms with E-state index in [9.17, 15) is 0 Å². The molecule has 1 heterocycles. The number of oxime groups is 1. The van der Waals surface area contributed by atoms with Crippen LogP contribution in [0.25, 0.3) is 0 Å². The van der Waals surface area contributed by atoms with Gasteiger partial charge in [-0.05, 0) is 18.6 Å². The van der Waals surface area contributed by atoms with Crippen LogP contribution in [0.4, 0.5) is 5.69 Å². The van der Waals surface area contributed by atoms with E-state index in [2.05, 4.69) is 10.1 Å². The number of nitrogens with two attached hydrogens (primary N) is 1. The molecule has 0 bridgehead atoms. The van der Waals surface area contributed by atoms with E-state index in [0.29, 0.717) is 11.5 Å². The first-order valence-corrected chi connectivity index (χ1v) is 6.59. The van der Waals surface area contributed by atoms with Crippen molar-refractivity contribution in [3.8, 4) is 5.75 Å². The van der Waals surface area contributed by atoms with Crippen LogP contribution >= 0.6 is 0 Å². The third kappa shape index (κ3) is 2.96. The van der Waals surface area contributed by atoms with E-state index >= 15 is 0 Å². The lowest BCUT2D eigenvalue weighted by Crippen LogP contribution is -2.25. The molecule has 1 fully saturated rings. The van der Waals surface area contributed by atoms with Crippen LogP contribution in [0.3, 0.4) is 0 Å². The fraction of sp³-hybridized carbons (Fsp3) is 0.500. The minimum absolute atomic E-state index is 0.109. The summed E-state index contributed by atoms with van der Waals surface area (Å²) < 4.78 is 10.5. The summed E-state index contributed by atoms with van der Waals surface area (Å²) in [6.45, 7) is 2.57. The molecule has 1 aromatic rings. The molecule has 6 nitrogen and oxygen atoms in total. The molecule has 1 aliphatic rings. The second-order valence-corrected chi connectivity index (χ2v) is 4.92. The SMILES string of the molecule is COCC1CCN(c2cc(OC)ccc2/C(N)=N/O)C1. The molecule has 0 aromatic heterocycles. The first-order chi connectivity index (χ1) is 9.69. The minimum Gasteiger partial charge on any atom is -0.497 e. The van der Waals surface area contributed by atoms with Gasteiger partial charge in [-0.2, -0.15) is 0 Å². The Balaban J connectivity index is 2.29. The van der Waals surface area contributed by atoms with Crippen LogP contribution in [0.5, 0.6) is 5.75 Å². The number of amidine groups is 1. The summed E-state index contributed by atoms with van der Waals surface area (Å²) in [5.74, 6) is 1.37. The highest BCUT2D eigenvalue weighted by molar-refractivity contribution is 6.02. The minimum atomic E-state index is 0.109. The maximum Gasteiger partial charge on any atom is 0.172 e. The van der Waals surface area contributed by atoms with Gasteiger partial charge in [-0.1, -0.05) is 5.16 Å². The third-order valence-corrected chi connectivity index (χ3v) is 3.62. The average molecular weight is 279 g/mol. The smallest absolute Gasteiger partial charge is 0.172 e. The number of methoxy groups -OCH3 is 2. The van der Waals surface area contributed by atoms with Crippen molar-refractivity contribution in [3.05, 3.63) is 23.8 Å². The third-order valence-electron chi connectivity index (χ3n) is 3.62. The summed E-state index contributed by atoms with van der Waals surface area (Å²) >= 11 is 0. The van der Waals surface area contributed by atoms with Crippen molar-refractivity contribution in [1.29, 1.82) is 0 Å². The highest BCUT2D eigenvalue weighted by atomic mass is 16.5. The van der Waals surface area contributed by atoms with Crippen LogP contribution < -0.4 is 15.4 Å². The molecule has 0 saturated carbocycles. The predicted molar refractivity (Wildman–Crippen MR) is 77.7 cm³/mol. The highest BCUT2D eigenvalue weighted by Crippen LogP contribution is 2.30. The molecule has 110 valence electrons. The largest absolute Gasteiger partial charge is 0.497 e. The van der Waals surface area contributed by atoms with Gasteiger partial charge in [0.15, 0.2) is 5.84 Å². The van der Waals surface area contributed by atoms with Gasteiger partial charge in [0.1, 0.15) is 5.75 Å². The number of rotatable bonds is 5. The van der Waals surface area contributed by atoms with E-state index in [1.165, 1.54) is 0 Å². The molecule has 1 aliphatic heterocycles. The van der Waals surface area contributed by atoms with Crippen LogP contribution in [0.2, 0.25) is 0 Å². The van der Waals surface area contributed by atoms with Gasteiger partial charge in [0.05, 0.1) is 19.4 Å². The molecule has 3 N–H and O–H groups in total. The predicted octanol–water partition coefficient (Wildman–Crippen LogP) is 1.26. The summed E-state index contributed by atoms with van der Waals surface area (Å²) in [5.41, 5.74) is 7.40. The zero-order valence-corrected chi connectivity index (χ0v) is 11.9. The first-order valence-electron chi connectivity index (χ1n) is 6.59. The monoisotopic (exact) mass is 279 g/mol. The molecule has 0 spiro atoms. The van der Waals surface area contributed by atoms with Crippen molar-refractivity contribution in [2.45, 2.75) is 6.42 Å². The normalized spacial score (nSPS) is 19.4. The van der Waals surface area contributed by atoms with E-state index < -0.39 is 0 Å².